The minimum Gasteiger partial charge on any atom is -0.393 e. The van der Waals surface area contributed by atoms with Crippen molar-refractivity contribution in [2.75, 3.05) is 0 Å². The fourth-order valence-electron chi connectivity index (χ4n) is 8.52. The van der Waals surface area contributed by atoms with E-state index in [2.05, 4.69) is 68.9 Å². The third kappa shape index (κ3) is 5.87. The molecule has 40 heavy (non-hydrogen) atoms. The van der Waals surface area contributed by atoms with Gasteiger partial charge in [0.25, 0.3) is 0 Å². The molecule has 4 heteroatoms. The number of hydrogen-bond donors (Lipinski definition) is 4. The Labute approximate surface area is 242 Å². The van der Waals surface area contributed by atoms with Crippen molar-refractivity contribution >= 4 is 0 Å². The van der Waals surface area contributed by atoms with Crippen LogP contribution in [0.3, 0.4) is 0 Å². The number of aromatic amines is 1. The SMILES string of the molecule is C=C1/C(=C\C=C2/CCC[C@]3(C)[C@@H]([C@H](C)/C=C/[C@H](O)C4(c5cc(CCCCC)c[nH]5)CC4)CC[C@@H]23)C[C@@H](O)C[C@@H]1O. The van der Waals surface area contributed by atoms with Gasteiger partial charge in [-0.15, -0.1) is 0 Å². The van der Waals surface area contributed by atoms with Crippen molar-refractivity contribution in [2.45, 2.75) is 128 Å². The van der Waals surface area contributed by atoms with Crippen molar-refractivity contribution in [3.63, 3.8) is 0 Å². The van der Waals surface area contributed by atoms with E-state index in [-0.39, 0.29) is 10.8 Å². The number of aromatic nitrogens is 1. The van der Waals surface area contributed by atoms with Gasteiger partial charge < -0.3 is 20.3 Å². The lowest BCUT2D eigenvalue weighted by atomic mass is 9.61. The summed E-state index contributed by atoms with van der Waals surface area (Å²) in [6, 6.07) is 2.31. The van der Waals surface area contributed by atoms with Gasteiger partial charge in [-0.2, -0.15) is 0 Å². The Morgan fingerprint density at radius 1 is 1.12 bits per heavy atom. The number of hydrogen-bond acceptors (Lipinski definition) is 3. The standard InChI is InChI=1S/C36H53NO3/c1-5-6-7-9-26-20-33(37-23-26)36(18-19-36)34(40)16-11-24(2)30-14-15-31-27(10-8-17-35(30,31)4)12-13-28-21-29(38)22-32(39)25(28)3/h11-13,16,20,23-24,29-32,34,37-40H,3,5-10,14-15,17-19,21-22H2,1-2,4H3/b16-11+,27-12+,28-13-/t24-,29-,30-,31+,32+,34+,35-/m1/s1. The molecular weight excluding hydrogens is 494 g/mol. The predicted molar refractivity (Wildman–Crippen MR) is 164 cm³/mol. The topological polar surface area (TPSA) is 76.5 Å². The average molecular weight is 548 g/mol. The number of nitrogens with one attached hydrogen (secondary N) is 1. The molecule has 4 N–H and O–H groups in total. The van der Waals surface area contributed by atoms with Crippen LogP contribution in [0.5, 0.6) is 0 Å². The monoisotopic (exact) mass is 547 g/mol. The van der Waals surface area contributed by atoms with Gasteiger partial charge in [0.1, 0.15) is 0 Å². The zero-order chi connectivity index (χ0) is 28.5. The highest BCUT2D eigenvalue weighted by molar-refractivity contribution is 5.39. The molecule has 0 bridgehead atoms. The fourth-order valence-corrected chi connectivity index (χ4v) is 8.52. The third-order valence-corrected chi connectivity index (χ3v) is 11.2. The summed E-state index contributed by atoms with van der Waals surface area (Å²) in [4.78, 5) is 3.51. The maximum atomic E-state index is 11.3. The van der Waals surface area contributed by atoms with Gasteiger partial charge in [-0.05, 0) is 110 Å². The minimum absolute atomic E-state index is 0.125. The van der Waals surface area contributed by atoms with Crippen LogP contribution in [0.15, 0.2) is 59.9 Å². The molecule has 0 amide bonds. The summed E-state index contributed by atoms with van der Waals surface area (Å²) in [5, 5.41) is 31.7. The molecule has 1 aromatic heterocycles. The molecule has 1 heterocycles. The molecule has 220 valence electrons. The van der Waals surface area contributed by atoms with Crippen LogP contribution in [0.4, 0.5) is 0 Å². The van der Waals surface area contributed by atoms with Crippen LogP contribution in [-0.2, 0) is 11.8 Å². The molecule has 0 unspecified atom stereocenters. The summed E-state index contributed by atoms with van der Waals surface area (Å²) >= 11 is 0. The van der Waals surface area contributed by atoms with Gasteiger partial charge in [-0.25, -0.2) is 0 Å². The predicted octanol–water partition coefficient (Wildman–Crippen LogP) is 7.47. The quantitative estimate of drug-likeness (QED) is 0.181. The zero-order valence-electron chi connectivity index (χ0n) is 25.2. The van der Waals surface area contributed by atoms with Crippen LogP contribution in [0, 0.1) is 23.2 Å². The number of allylic oxidation sites excluding steroid dienone is 4. The van der Waals surface area contributed by atoms with Gasteiger partial charge in [0.05, 0.1) is 18.3 Å². The van der Waals surface area contributed by atoms with E-state index in [0.29, 0.717) is 30.6 Å². The van der Waals surface area contributed by atoms with Crippen LogP contribution < -0.4 is 0 Å². The highest BCUT2D eigenvalue weighted by atomic mass is 16.3. The molecule has 1 aromatic rings. The normalized spacial score (nSPS) is 35.4. The smallest absolute Gasteiger partial charge is 0.0831 e. The molecule has 0 saturated heterocycles. The minimum atomic E-state index is -0.636. The van der Waals surface area contributed by atoms with Crippen LogP contribution in [0.2, 0.25) is 0 Å². The average Bonchev–Trinajstić information content (AvgIpc) is 3.46. The van der Waals surface area contributed by atoms with Crippen LogP contribution in [0.25, 0.3) is 0 Å². The Morgan fingerprint density at radius 2 is 1.93 bits per heavy atom. The molecule has 0 spiro atoms. The van der Waals surface area contributed by atoms with E-state index < -0.39 is 18.3 Å². The second-order valence-corrected chi connectivity index (χ2v) is 13.9. The molecule has 5 rings (SSSR count). The van der Waals surface area contributed by atoms with Gasteiger partial charge in [0, 0.05) is 23.7 Å². The molecule has 4 aliphatic rings. The second kappa shape index (κ2) is 12.2. The number of aliphatic hydroxyl groups is 3. The number of aryl methyl sites for hydroxylation is 1. The van der Waals surface area contributed by atoms with E-state index in [1.165, 1.54) is 61.8 Å². The molecule has 0 aliphatic heterocycles. The lowest BCUT2D eigenvalue weighted by Crippen LogP contribution is -2.35. The summed E-state index contributed by atoms with van der Waals surface area (Å²) in [6.45, 7) is 11.2. The van der Waals surface area contributed by atoms with Gasteiger partial charge in [-0.3, -0.25) is 0 Å². The highest BCUT2D eigenvalue weighted by Crippen LogP contribution is 2.60. The van der Waals surface area contributed by atoms with Crippen LogP contribution in [0.1, 0.15) is 109 Å². The van der Waals surface area contributed by atoms with Crippen molar-refractivity contribution in [2.24, 2.45) is 23.2 Å². The van der Waals surface area contributed by atoms with E-state index in [0.717, 1.165) is 36.8 Å². The number of unbranched alkanes of at least 4 members (excludes halogenated alkanes) is 2. The lowest BCUT2D eigenvalue weighted by molar-refractivity contribution is 0.0862. The number of aliphatic hydroxyl groups excluding tert-OH is 3. The lowest BCUT2D eigenvalue weighted by Gasteiger charge is -2.44. The van der Waals surface area contributed by atoms with Crippen molar-refractivity contribution in [3.05, 3.63) is 71.1 Å². The summed E-state index contributed by atoms with van der Waals surface area (Å²) < 4.78 is 0. The van der Waals surface area contributed by atoms with E-state index >= 15 is 0 Å². The first kappa shape index (κ1) is 29.6. The maximum Gasteiger partial charge on any atom is 0.0831 e. The highest BCUT2D eigenvalue weighted by Gasteiger charge is 2.52. The van der Waals surface area contributed by atoms with Gasteiger partial charge in [-0.1, -0.05) is 70.1 Å². The number of rotatable bonds is 10. The summed E-state index contributed by atoms with van der Waals surface area (Å²) in [5.74, 6) is 1.61. The van der Waals surface area contributed by atoms with Gasteiger partial charge in [0.2, 0.25) is 0 Å². The van der Waals surface area contributed by atoms with Crippen molar-refractivity contribution in [1.29, 1.82) is 0 Å². The first-order valence-corrected chi connectivity index (χ1v) is 16.2. The summed E-state index contributed by atoms with van der Waals surface area (Å²) in [6.07, 6.45) is 23.4. The Balaban J connectivity index is 1.24. The largest absolute Gasteiger partial charge is 0.393 e. The van der Waals surface area contributed by atoms with E-state index in [1.54, 1.807) is 0 Å². The molecule has 0 radical (unpaired) electrons. The number of H-pyrrole nitrogens is 1. The molecule has 0 aromatic carbocycles. The molecule has 4 aliphatic carbocycles. The molecule has 4 nitrogen and oxygen atoms in total. The molecule has 4 saturated carbocycles. The number of fused-ring (bicyclic) bond motifs is 1. The Bertz CT molecular complexity index is 1140. The van der Waals surface area contributed by atoms with Crippen LogP contribution >= 0.6 is 0 Å². The first-order chi connectivity index (χ1) is 19.2. The fraction of sp³-hybridized carbons (Fsp3) is 0.667. The summed E-state index contributed by atoms with van der Waals surface area (Å²) in [5.41, 5.74) is 6.03. The molecule has 4 fully saturated rings. The Morgan fingerprint density at radius 3 is 2.67 bits per heavy atom. The maximum absolute atomic E-state index is 11.3. The van der Waals surface area contributed by atoms with E-state index in [4.69, 9.17) is 0 Å². The molecule has 7 atom stereocenters. The Kier molecular flexibility index (Phi) is 9.00. The van der Waals surface area contributed by atoms with Crippen molar-refractivity contribution in [3.8, 4) is 0 Å². The third-order valence-electron chi connectivity index (χ3n) is 11.2. The second-order valence-electron chi connectivity index (χ2n) is 13.9. The molecular formula is C36H53NO3. The van der Waals surface area contributed by atoms with Gasteiger partial charge in [0.15, 0.2) is 0 Å². The summed E-state index contributed by atoms with van der Waals surface area (Å²) in [7, 11) is 0. The van der Waals surface area contributed by atoms with Crippen molar-refractivity contribution in [1.82, 2.24) is 4.98 Å². The zero-order valence-corrected chi connectivity index (χ0v) is 25.2. The Hall–Kier alpha value is -1.88. The van der Waals surface area contributed by atoms with Gasteiger partial charge >= 0.3 is 0 Å². The van der Waals surface area contributed by atoms with Crippen molar-refractivity contribution < 1.29 is 15.3 Å². The van der Waals surface area contributed by atoms with E-state index in [9.17, 15) is 15.3 Å². The van der Waals surface area contributed by atoms with E-state index in [1.807, 2.05) is 0 Å². The first-order valence-electron chi connectivity index (χ1n) is 16.2. The van der Waals surface area contributed by atoms with Crippen LogP contribution in [-0.4, -0.2) is 38.6 Å².